The third-order valence-corrected chi connectivity index (χ3v) is 2.38. The van der Waals surface area contributed by atoms with E-state index >= 15 is 0 Å². The van der Waals surface area contributed by atoms with Gasteiger partial charge in [0, 0.05) is 11.6 Å². The summed E-state index contributed by atoms with van der Waals surface area (Å²) >= 11 is 0. The van der Waals surface area contributed by atoms with Gasteiger partial charge in [-0.2, -0.15) is 10.5 Å². The highest BCUT2D eigenvalue weighted by molar-refractivity contribution is 5.97. The van der Waals surface area contributed by atoms with Gasteiger partial charge in [-0.1, -0.05) is 30.3 Å². The summed E-state index contributed by atoms with van der Waals surface area (Å²) in [4.78, 5) is 0. The molecule has 16 heavy (non-hydrogen) atoms. The summed E-state index contributed by atoms with van der Waals surface area (Å²) in [5, 5.41) is 8.24. The van der Waals surface area contributed by atoms with Crippen molar-refractivity contribution in [3.05, 3.63) is 54.9 Å². The molecule has 0 unspecified atom stereocenters. The van der Waals surface area contributed by atoms with Gasteiger partial charge >= 0.3 is 0 Å². The first-order valence-electron chi connectivity index (χ1n) is 4.99. The Morgan fingerprint density at radius 3 is 2.62 bits per heavy atom. The highest BCUT2D eigenvalue weighted by atomic mass is 15.4. The van der Waals surface area contributed by atoms with Gasteiger partial charge in [0.05, 0.1) is 18.1 Å². The molecule has 77 valence electrons. The largest absolute Gasteiger partial charge is 0.213 e. The number of hydrogen-bond donors (Lipinski definition) is 0. The predicted molar refractivity (Wildman–Crippen MR) is 61.8 cm³/mol. The fraction of sp³-hybridized carbons (Fsp3) is 0. The average molecular weight is 209 g/mol. The number of aromatic nitrogens is 2. The first-order valence-corrected chi connectivity index (χ1v) is 4.99. The maximum absolute atomic E-state index is 4.25. The lowest BCUT2D eigenvalue weighted by molar-refractivity contribution is 0.905. The Kier molecular flexibility index (Phi) is 2.04. The van der Waals surface area contributed by atoms with Gasteiger partial charge in [-0.3, -0.25) is 0 Å². The summed E-state index contributed by atoms with van der Waals surface area (Å²) in [6.45, 7) is 0. The Hall–Kier alpha value is -2.36. The van der Waals surface area contributed by atoms with Crippen LogP contribution < -0.4 is 5.43 Å². The zero-order valence-electron chi connectivity index (χ0n) is 8.49. The monoisotopic (exact) mass is 209 g/mol. The van der Waals surface area contributed by atoms with Crippen molar-refractivity contribution < 1.29 is 0 Å². The van der Waals surface area contributed by atoms with E-state index in [0.717, 1.165) is 17.1 Å². The molecule has 1 radical (unpaired) electrons. The highest BCUT2D eigenvalue weighted by Gasteiger charge is 2.10. The van der Waals surface area contributed by atoms with Gasteiger partial charge in [0.1, 0.15) is 0 Å². The van der Waals surface area contributed by atoms with Crippen molar-refractivity contribution in [2.24, 2.45) is 5.10 Å². The molecule has 0 bridgehead atoms. The second-order valence-corrected chi connectivity index (χ2v) is 3.38. The minimum Gasteiger partial charge on any atom is -0.213 e. The molecule has 1 aliphatic rings. The van der Waals surface area contributed by atoms with Gasteiger partial charge in [0.15, 0.2) is 5.84 Å². The average Bonchev–Trinajstić information content (AvgIpc) is 3.01. The van der Waals surface area contributed by atoms with Crippen molar-refractivity contribution in [2.75, 3.05) is 0 Å². The molecule has 4 nitrogen and oxygen atoms in total. The molecule has 0 N–H and O–H groups in total. The van der Waals surface area contributed by atoms with Crippen molar-refractivity contribution in [3.63, 3.8) is 0 Å². The van der Waals surface area contributed by atoms with Gasteiger partial charge in [-0.05, 0) is 6.07 Å². The Morgan fingerprint density at radius 2 is 1.88 bits per heavy atom. The van der Waals surface area contributed by atoms with Gasteiger partial charge in [0.25, 0.3) is 0 Å². The number of benzene rings is 1. The number of nitrogens with zero attached hydrogens (tertiary/aromatic N) is 4. The van der Waals surface area contributed by atoms with Crippen molar-refractivity contribution in [1.82, 2.24) is 15.2 Å². The molecule has 1 aliphatic heterocycles. The fourth-order valence-corrected chi connectivity index (χ4v) is 1.65. The standard InChI is InChI=1S/C12H9N4/c1-2-4-10(5-3-1)11-6-9-14-16(11)12-7-8-13-15-12/h1-9H. The predicted octanol–water partition coefficient (Wildman–Crippen LogP) is 1.84. The number of allylic oxidation sites excluding steroid dienone is 1. The van der Waals surface area contributed by atoms with Gasteiger partial charge in [-0.15, -0.1) is 5.10 Å². The lowest BCUT2D eigenvalue weighted by atomic mass is 10.1. The third-order valence-electron chi connectivity index (χ3n) is 2.38. The number of rotatable bonds is 1. The molecule has 2 heterocycles. The van der Waals surface area contributed by atoms with E-state index in [4.69, 9.17) is 0 Å². The zero-order chi connectivity index (χ0) is 10.8. The van der Waals surface area contributed by atoms with Crippen molar-refractivity contribution >= 4 is 5.84 Å². The maximum atomic E-state index is 4.25. The Balaban J connectivity index is 2.09. The van der Waals surface area contributed by atoms with Crippen LogP contribution in [0.3, 0.4) is 0 Å². The number of hydrogen-bond acceptors (Lipinski definition) is 2. The summed E-state index contributed by atoms with van der Waals surface area (Å²) in [6.07, 6.45) is 5.25. The van der Waals surface area contributed by atoms with Gasteiger partial charge in [0.2, 0.25) is 0 Å². The molecule has 0 aliphatic carbocycles. The topological polar surface area (TPSA) is 44.3 Å². The SMILES string of the molecule is C1=CC(n2nccc2-c2ccccc2)=N[N]1. The Labute approximate surface area is 92.9 Å². The highest BCUT2D eigenvalue weighted by Crippen LogP contribution is 2.18. The first-order chi connectivity index (χ1) is 7.95. The molecule has 0 atom stereocenters. The van der Waals surface area contributed by atoms with Crippen LogP contribution in [-0.2, 0) is 0 Å². The molecule has 0 spiro atoms. The molecular formula is C12H9N4. The molecule has 0 saturated heterocycles. The summed E-state index contributed by atoms with van der Waals surface area (Å²) < 4.78 is 1.78. The molecule has 4 heteroatoms. The summed E-state index contributed by atoms with van der Waals surface area (Å²) in [7, 11) is 0. The first kappa shape index (κ1) is 8.91. The van der Waals surface area contributed by atoms with Crippen molar-refractivity contribution in [1.29, 1.82) is 0 Å². The summed E-state index contributed by atoms with van der Waals surface area (Å²) in [5.74, 6) is 0.740. The van der Waals surface area contributed by atoms with E-state index in [2.05, 4.69) is 15.6 Å². The van der Waals surface area contributed by atoms with Crippen molar-refractivity contribution in [3.8, 4) is 11.3 Å². The lowest BCUT2D eigenvalue weighted by Gasteiger charge is -2.04. The second kappa shape index (κ2) is 3.66. The fourth-order valence-electron chi connectivity index (χ4n) is 1.65. The normalized spacial score (nSPS) is 13.6. The van der Waals surface area contributed by atoms with E-state index in [0.29, 0.717) is 0 Å². The van der Waals surface area contributed by atoms with Crippen LogP contribution in [0.1, 0.15) is 0 Å². The van der Waals surface area contributed by atoms with E-state index in [1.165, 1.54) is 0 Å². The zero-order valence-corrected chi connectivity index (χ0v) is 8.49. The molecule has 0 saturated carbocycles. The van der Waals surface area contributed by atoms with Crippen LogP contribution >= 0.6 is 0 Å². The molecule has 3 rings (SSSR count). The molecule has 1 aromatic heterocycles. The molecule has 0 amide bonds. The van der Waals surface area contributed by atoms with E-state index in [-0.39, 0.29) is 0 Å². The van der Waals surface area contributed by atoms with Gasteiger partial charge in [-0.25, -0.2) is 4.68 Å². The van der Waals surface area contributed by atoms with E-state index in [1.807, 2.05) is 42.5 Å². The van der Waals surface area contributed by atoms with Gasteiger partial charge < -0.3 is 0 Å². The van der Waals surface area contributed by atoms with E-state index in [9.17, 15) is 0 Å². The van der Waals surface area contributed by atoms with Crippen LogP contribution in [0.5, 0.6) is 0 Å². The Morgan fingerprint density at radius 1 is 1.00 bits per heavy atom. The molecule has 2 aromatic rings. The van der Waals surface area contributed by atoms with Crippen LogP contribution in [-0.4, -0.2) is 15.6 Å². The summed E-state index contributed by atoms with van der Waals surface area (Å²) in [5.41, 5.74) is 5.93. The molecular weight excluding hydrogens is 200 g/mol. The van der Waals surface area contributed by atoms with Crippen LogP contribution in [0.4, 0.5) is 0 Å². The lowest BCUT2D eigenvalue weighted by Crippen LogP contribution is -2.10. The van der Waals surface area contributed by atoms with E-state index in [1.54, 1.807) is 17.1 Å². The van der Waals surface area contributed by atoms with Crippen LogP contribution in [0.25, 0.3) is 11.3 Å². The van der Waals surface area contributed by atoms with Crippen molar-refractivity contribution in [2.45, 2.75) is 0 Å². The second-order valence-electron chi connectivity index (χ2n) is 3.38. The van der Waals surface area contributed by atoms with Crippen LogP contribution in [0.15, 0.2) is 60.0 Å². The van der Waals surface area contributed by atoms with E-state index < -0.39 is 0 Å². The Bertz CT molecular complexity index is 551. The minimum absolute atomic E-state index is 0.740. The minimum atomic E-state index is 0.740. The quantitative estimate of drug-likeness (QED) is 0.706. The molecule has 1 aromatic carbocycles. The summed E-state index contributed by atoms with van der Waals surface area (Å²) in [6, 6.07) is 12.1. The smallest absolute Gasteiger partial charge is 0.177 e. The molecule has 0 fully saturated rings. The van der Waals surface area contributed by atoms with Crippen LogP contribution in [0.2, 0.25) is 0 Å². The third kappa shape index (κ3) is 1.40. The van der Waals surface area contributed by atoms with Crippen LogP contribution in [0, 0.1) is 0 Å². The maximum Gasteiger partial charge on any atom is 0.177 e.